The molecule has 0 aromatic rings. The Morgan fingerprint density at radius 2 is 2.00 bits per heavy atom. The van der Waals surface area contributed by atoms with Crippen LogP contribution in [0.3, 0.4) is 0 Å². The maximum atomic E-state index is 3.77. The van der Waals surface area contributed by atoms with Gasteiger partial charge in [-0.2, -0.15) is 0 Å². The van der Waals surface area contributed by atoms with E-state index < -0.39 is 0 Å². The molecule has 0 amide bonds. The predicted molar refractivity (Wildman–Crippen MR) is 74.2 cm³/mol. The van der Waals surface area contributed by atoms with Crippen LogP contribution in [0, 0.1) is 11.8 Å². The maximum Gasteiger partial charge on any atom is 0.0198 e. The highest BCUT2D eigenvalue weighted by Gasteiger charge is 2.31. The molecule has 2 nitrogen and oxygen atoms in total. The average Bonchev–Trinajstić information content (AvgIpc) is 2.13. The van der Waals surface area contributed by atoms with Crippen molar-refractivity contribution in [1.82, 2.24) is 10.2 Å². The van der Waals surface area contributed by atoms with Crippen LogP contribution < -0.4 is 5.32 Å². The molecular weight excluding hydrogens is 208 g/mol. The lowest BCUT2D eigenvalue weighted by Gasteiger charge is -2.44. The Morgan fingerprint density at radius 3 is 2.59 bits per heavy atom. The van der Waals surface area contributed by atoms with Crippen molar-refractivity contribution in [3.63, 3.8) is 0 Å². The van der Waals surface area contributed by atoms with E-state index in [0.29, 0.717) is 0 Å². The van der Waals surface area contributed by atoms with Crippen molar-refractivity contribution in [3.8, 4) is 0 Å². The molecule has 1 heterocycles. The van der Waals surface area contributed by atoms with Crippen molar-refractivity contribution in [1.29, 1.82) is 0 Å². The molecular formula is C15H30N2. The number of rotatable bonds is 5. The molecule has 0 spiro atoms. The molecule has 2 unspecified atom stereocenters. The Kier molecular flexibility index (Phi) is 4.87. The summed E-state index contributed by atoms with van der Waals surface area (Å²) in [6.45, 7) is 10.9. The van der Waals surface area contributed by atoms with E-state index in [0.717, 1.165) is 23.9 Å². The van der Waals surface area contributed by atoms with Gasteiger partial charge in [0.05, 0.1) is 0 Å². The zero-order valence-electron chi connectivity index (χ0n) is 11.9. The third kappa shape index (κ3) is 3.96. The SMILES string of the molecule is CC(C)CCNC1CC(C)CN(C2CCC2)C1. The molecule has 0 bridgehead atoms. The summed E-state index contributed by atoms with van der Waals surface area (Å²) in [5.74, 6) is 1.70. The summed E-state index contributed by atoms with van der Waals surface area (Å²) in [6, 6.07) is 1.67. The Hall–Kier alpha value is -0.0800. The first-order chi connectivity index (χ1) is 8.15. The van der Waals surface area contributed by atoms with Crippen LogP contribution in [-0.2, 0) is 0 Å². The topological polar surface area (TPSA) is 15.3 Å². The van der Waals surface area contributed by atoms with Gasteiger partial charge >= 0.3 is 0 Å². The molecule has 2 atom stereocenters. The van der Waals surface area contributed by atoms with Gasteiger partial charge in [-0.3, -0.25) is 4.90 Å². The van der Waals surface area contributed by atoms with Crippen molar-refractivity contribution < 1.29 is 0 Å². The molecule has 0 aromatic heterocycles. The molecule has 1 saturated carbocycles. The summed E-state index contributed by atoms with van der Waals surface area (Å²) < 4.78 is 0. The fraction of sp³-hybridized carbons (Fsp3) is 1.00. The highest BCUT2D eigenvalue weighted by Crippen LogP contribution is 2.29. The first kappa shape index (κ1) is 13.4. The van der Waals surface area contributed by atoms with Gasteiger partial charge < -0.3 is 5.32 Å². The van der Waals surface area contributed by atoms with Gasteiger partial charge in [0.25, 0.3) is 0 Å². The third-order valence-electron chi connectivity index (χ3n) is 4.43. The Balaban J connectivity index is 1.73. The lowest BCUT2D eigenvalue weighted by molar-refractivity contribution is 0.0632. The van der Waals surface area contributed by atoms with Gasteiger partial charge in [-0.25, -0.2) is 0 Å². The summed E-state index contributed by atoms with van der Waals surface area (Å²) in [5, 5.41) is 3.77. The largest absolute Gasteiger partial charge is 0.313 e. The van der Waals surface area contributed by atoms with Crippen LogP contribution in [0.2, 0.25) is 0 Å². The lowest BCUT2D eigenvalue weighted by atomic mass is 9.87. The molecule has 0 aromatic carbocycles. The molecule has 1 N–H and O–H groups in total. The Bertz CT molecular complexity index is 223. The van der Waals surface area contributed by atoms with Gasteiger partial charge in [-0.05, 0) is 44.1 Å². The van der Waals surface area contributed by atoms with Crippen LogP contribution in [0.5, 0.6) is 0 Å². The second kappa shape index (κ2) is 6.19. The van der Waals surface area contributed by atoms with Crippen molar-refractivity contribution in [2.75, 3.05) is 19.6 Å². The van der Waals surface area contributed by atoms with Gasteiger partial charge in [0, 0.05) is 25.2 Å². The smallest absolute Gasteiger partial charge is 0.0198 e. The second-order valence-electron chi connectivity index (χ2n) is 6.71. The first-order valence-corrected chi connectivity index (χ1v) is 7.62. The van der Waals surface area contributed by atoms with Gasteiger partial charge in [0.2, 0.25) is 0 Å². The van der Waals surface area contributed by atoms with E-state index in [2.05, 4.69) is 31.0 Å². The minimum absolute atomic E-state index is 0.748. The van der Waals surface area contributed by atoms with E-state index in [1.165, 1.54) is 51.7 Å². The van der Waals surface area contributed by atoms with Crippen LogP contribution in [0.25, 0.3) is 0 Å². The van der Waals surface area contributed by atoms with E-state index in [1.54, 1.807) is 0 Å². The molecule has 1 aliphatic heterocycles. The molecule has 2 aliphatic rings. The van der Waals surface area contributed by atoms with E-state index >= 15 is 0 Å². The normalized spacial score (nSPS) is 31.8. The Morgan fingerprint density at radius 1 is 1.24 bits per heavy atom. The van der Waals surface area contributed by atoms with E-state index in [1.807, 2.05) is 0 Å². The number of piperidine rings is 1. The lowest BCUT2D eigenvalue weighted by Crippen LogP contribution is -2.54. The van der Waals surface area contributed by atoms with Crippen molar-refractivity contribution >= 4 is 0 Å². The van der Waals surface area contributed by atoms with E-state index in [4.69, 9.17) is 0 Å². The van der Waals surface area contributed by atoms with Crippen LogP contribution in [0.1, 0.15) is 52.9 Å². The number of hydrogen-bond acceptors (Lipinski definition) is 2. The molecule has 2 rings (SSSR count). The fourth-order valence-corrected chi connectivity index (χ4v) is 3.17. The summed E-state index contributed by atoms with van der Waals surface area (Å²) in [4.78, 5) is 2.75. The quantitative estimate of drug-likeness (QED) is 0.792. The zero-order chi connectivity index (χ0) is 12.3. The highest BCUT2D eigenvalue weighted by molar-refractivity contribution is 4.88. The summed E-state index contributed by atoms with van der Waals surface area (Å²) in [5.41, 5.74) is 0. The molecule has 1 aliphatic carbocycles. The number of nitrogens with zero attached hydrogens (tertiary/aromatic N) is 1. The zero-order valence-corrected chi connectivity index (χ0v) is 11.9. The average molecular weight is 238 g/mol. The summed E-state index contributed by atoms with van der Waals surface area (Å²) >= 11 is 0. The molecule has 2 heteroatoms. The fourth-order valence-electron chi connectivity index (χ4n) is 3.17. The van der Waals surface area contributed by atoms with Crippen molar-refractivity contribution in [2.45, 2.75) is 65.0 Å². The van der Waals surface area contributed by atoms with Gasteiger partial charge in [0.1, 0.15) is 0 Å². The van der Waals surface area contributed by atoms with Crippen LogP contribution in [0.4, 0.5) is 0 Å². The number of likely N-dealkylation sites (tertiary alicyclic amines) is 1. The summed E-state index contributed by atoms with van der Waals surface area (Å²) in [7, 11) is 0. The molecule has 100 valence electrons. The van der Waals surface area contributed by atoms with E-state index in [9.17, 15) is 0 Å². The van der Waals surface area contributed by atoms with Gasteiger partial charge in [-0.15, -0.1) is 0 Å². The predicted octanol–water partition coefficient (Wildman–Crippen LogP) is 2.89. The molecule has 17 heavy (non-hydrogen) atoms. The minimum atomic E-state index is 0.748. The van der Waals surface area contributed by atoms with E-state index in [-0.39, 0.29) is 0 Å². The Labute approximate surface area is 107 Å². The van der Waals surface area contributed by atoms with Gasteiger partial charge in [0.15, 0.2) is 0 Å². The monoisotopic (exact) mass is 238 g/mol. The van der Waals surface area contributed by atoms with Crippen LogP contribution in [0.15, 0.2) is 0 Å². The number of nitrogens with one attached hydrogen (secondary N) is 1. The third-order valence-corrected chi connectivity index (χ3v) is 4.43. The van der Waals surface area contributed by atoms with Crippen LogP contribution in [-0.4, -0.2) is 36.6 Å². The number of hydrogen-bond donors (Lipinski definition) is 1. The first-order valence-electron chi connectivity index (χ1n) is 7.62. The molecule has 0 radical (unpaired) electrons. The highest BCUT2D eigenvalue weighted by atomic mass is 15.2. The van der Waals surface area contributed by atoms with Gasteiger partial charge in [-0.1, -0.05) is 27.2 Å². The van der Waals surface area contributed by atoms with Crippen molar-refractivity contribution in [2.24, 2.45) is 11.8 Å². The minimum Gasteiger partial charge on any atom is -0.313 e. The molecule has 1 saturated heterocycles. The van der Waals surface area contributed by atoms with Crippen LogP contribution >= 0.6 is 0 Å². The van der Waals surface area contributed by atoms with Crippen molar-refractivity contribution in [3.05, 3.63) is 0 Å². The molecule has 2 fully saturated rings. The summed E-state index contributed by atoms with van der Waals surface area (Å²) in [6.07, 6.45) is 7.05. The standard InChI is InChI=1S/C15H30N2/c1-12(2)7-8-16-14-9-13(3)10-17(11-14)15-5-4-6-15/h12-16H,4-11H2,1-3H3. The maximum absolute atomic E-state index is 3.77. The second-order valence-corrected chi connectivity index (χ2v) is 6.71.